The van der Waals surface area contributed by atoms with Crippen molar-refractivity contribution in [2.75, 3.05) is 5.32 Å². The number of aryl methyl sites for hydroxylation is 1. The molecule has 2 aromatic rings. The fourth-order valence-corrected chi connectivity index (χ4v) is 2.21. The lowest BCUT2D eigenvalue weighted by Gasteiger charge is -2.27. The molecule has 2 heterocycles. The van der Waals surface area contributed by atoms with Crippen molar-refractivity contribution in [1.82, 2.24) is 15.5 Å². The lowest BCUT2D eigenvalue weighted by molar-refractivity contribution is 0.0935. The summed E-state index contributed by atoms with van der Waals surface area (Å²) < 4.78 is 0. The van der Waals surface area contributed by atoms with E-state index in [1.54, 1.807) is 24.4 Å². The molecule has 6 heteroatoms. The lowest BCUT2D eigenvalue weighted by Crippen LogP contribution is -2.38. The van der Waals surface area contributed by atoms with Crippen LogP contribution < -0.4 is 10.6 Å². The molecule has 1 aliphatic rings. The van der Waals surface area contributed by atoms with Crippen molar-refractivity contribution >= 4 is 23.2 Å². The number of aromatic nitrogens is 2. The van der Waals surface area contributed by atoms with Crippen LogP contribution in [0.1, 0.15) is 27.8 Å². The van der Waals surface area contributed by atoms with Crippen LogP contribution >= 0.6 is 11.6 Å². The van der Waals surface area contributed by atoms with Crippen LogP contribution in [0.2, 0.25) is 5.02 Å². The van der Waals surface area contributed by atoms with E-state index >= 15 is 0 Å². The number of hydrogen-bond donors (Lipinski definition) is 3. The van der Waals surface area contributed by atoms with Crippen LogP contribution in [-0.2, 0) is 0 Å². The molecule has 5 nitrogen and oxygen atoms in total. The Kier molecular flexibility index (Phi) is 2.48. The summed E-state index contributed by atoms with van der Waals surface area (Å²) in [5.74, 6) is -0.142. The van der Waals surface area contributed by atoms with E-state index in [4.69, 9.17) is 11.6 Å². The van der Waals surface area contributed by atoms with Gasteiger partial charge in [0.1, 0.15) is 6.17 Å². The maximum Gasteiger partial charge on any atom is 0.255 e. The van der Waals surface area contributed by atoms with Gasteiger partial charge in [0, 0.05) is 22.0 Å². The third kappa shape index (κ3) is 1.73. The van der Waals surface area contributed by atoms with Gasteiger partial charge in [-0.15, -0.1) is 0 Å². The smallest absolute Gasteiger partial charge is 0.255 e. The summed E-state index contributed by atoms with van der Waals surface area (Å²) in [6.45, 7) is 1.91. The minimum Gasteiger partial charge on any atom is -0.361 e. The Morgan fingerprint density at radius 3 is 2.89 bits per heavy atom. The first-order valence-electron chi connectivity index (χ1n) is 5.52. The Morgan fingerprint density at radius 2 is 2.17 bits per heavy atom. The molecule has 0 saturated carbocycles. The van der Waals surface area contributed by atoms with E-state index < -0.39 is 0 Å². The lowest BCUT2D eigenvalue weighted by atomic mass is 10.1. The predicted molar refractivity (Wildman–Crippen MR) is 68.6 cm³/mol. The van der Waals surface area contributed by atoms with Crippen molar-refractivity contribution in [2.45, 2.75) is 13.1 Å². The van der Waals surface area contributed by atoms with Gasteiger partial charge in [-0.25, -0.2) is 0 Å². The van der Waals surface area contributed by atoms with Crippen molar-refractivity contribution in [2.24, 2.45) is 0 Å². The quantitative estimate of drug-likeness (QED) is 0.738. The van der Waals surface area contributed by atoms with Crippen LogP contribution in [-0.4, -0.2) is 16.1 Å². The Balaban J connectivity index is 2.00. The second kappa shape index (κ2) is 4.03. The number of anilines is 1. The minimum atomic E-state index is -0.273. The maximum absolute atomic E-state index is 12.0. The van der Waals surface area contributed by atoms with E-state index in [0.29, 0.717) is 10.6 Å². The highest BCUT2D eigenvalue weighted by Gasteiger charge is 2.26. The number of nitrogens with one attached hydrogen (secondary N) is 3. The van der Waals surface area contributed by atoms with Crippen LogP contribution in [0.3, 0.4) is 0 Å². The summed E-state index contributed by atoms with van der Waals surface area (Å²) in [6.07, 6.45) is 1.43. The molecule has 0 radical (unpaired) electrons. The first-order valence-corrected chi connectivity index (χ1v) is 5.90. The SMILES string of the molecule is Cc1[nH]ncc1C1NC(=O)c2cc(Cl)ccc2N1. The number of carbonyl (C=O) groups excluding carboxylic acids is 1. The molecule has 0 fully saturated rings. The van der Waals surface area contributed by atoms with Gasteiger partial charge in [-0.1, -0.05) is 11.6 Å². The highest BCUT2D eigenvalue weighted by atomic mass is 35.5. The van der Waals surface area contributed by atoms with E-state index in [1.165, 1.54) is 0 Å². The van der Waals surface area contributed by atoms with E-state index in [1.807, 2.05) is 6.92 Å². The van der Waals surface area contributed by atoms with Gasteiger partial charge in [0.25, 0.3) is 5.91 Å². The monoisotopic (exact) mass is 262 g/mol. The summed E-state index contributed by atoms with van der Waals surface area (Å²) in [6, 6.07) is 5.21. The molecule has 18 heavy (non-hydrogen) atoms. The standard InChI is InChI=1S/C12H11ClN4O/c1-6-9(5-14-17-6)11-15-10-3-2-7(13)4-8(10)12(18)16-11/h2-5,11,15H,1H3,(H,14,17)(H,16,18). The highest BCUT2D eigenvalue weighted by molar-refractivity contribution is 6.31. The van der Waals surface area contributed by atoms with Crippen molar-refractivity contribution in [3.63, 3.8) is 0 Å². The van der Waals surface area contributed by atoms with Crippen molar-refractivity contribution in [3.05, 3.63) is 46.2 Å². The average molecular weight is 263 g/mol. The average Bonchev–Trinajstić information content (AvgIpc) is 2.76. The summed E-state index contributed by atoms with van der Waals surface area (Å²) in [7, 11) is 0. The molecule has 1 amide bonds. The van der Waals surface area contributed by atoms with Gasteiger partial charge in [-0.3, -0.25) is 9.89 Å². The second-order valence-electron chi connectivity index (χ2n) is 4.19. The summed E-state index contributed by atoms with van der Waals surface area (Å²) in [5, 5.41) is 13.5. The van der Waals surface area contributed by atoms with Gasteiger partial charge in [0.15, 0.2) is 0 Å². The Hall–Kier alpha value is -2.01. The molecule has 0 bridgehead atoms. The number of aromatic amines is 1. The van der Waals surface area contributed by atoms with Gasteiger partial charge in [-0.2, -0.15) is 5.10 Å². The first-order chi connectivity index (χ1) is 8.65. The number of benzene rings is 1. The summed E-state index contributed by atoms with van der Waals surface area (Å²) in [5.41, 5.74) is 3.17. The highest BCUT2D eigenvalue weighted by Crippen LogP contribution is 2.29. The molecule has 3 rings (SSSR count). The number of carbonyl (C=O) groups is 1. The van der Waals surface area contributed by atoms with Crippen LogP contribution in [0.4, 0.5) is 5.69 Å². The molecule has 1 unspecified atom stereocenters. The van der Waals surface area contributed by atoms with Gasteiger partial charge in [0.05, 0.1) is 11.8 Å². The van der Waals surface area contributed by atoms with Gasteiger partial charge in [-0.05, 0) is 25.1 Å². The fourth-order valence-electron chi connectivity index (χ4n) is 2.04. The molecule has 1 atom stereocenters. The van der Waals surface area contributed by atoms with Crippen LogP contribution in [0.5, 0.6) is 0 Å². The number of fused-ring (bicyclic) bond motifs is 1. The molecule has 0 spiro atoms. The topological polar surface area (TPSA) is 69.8 Å². The zero-order valence-electron chi connectivity index (χ0n) is 9.62. The Morgan fingerprint density at radius 1 is 1.33 bits per heavy atom. The second-order valence-corrected chi connectivity index (χ2v) is 4.63. The molecule has 1 aromatic carbocycles. The zero-order chi connectivity index (χ0) is 12.7. The van der Waals surface area contributed by atoms with Crippen molar-refractivity contribution in [3.8, 4) is 0 Å². The van der Waals surface area contributed by atoms with E-state index in [0.717, 1.165) is 16.9 Å². The third-order valence-corrected chi connectivity index (χ3v) is 3.22. The molecular weight excluding hydrogens is 252 g/mol. The predicted octanol–water partition coefficient (Wildman–Crippen LogP) is 2.23. The molecule has 1 aromatic heterocycles. The molecule has 92 valence electrons. The third-order valence-electron chi connectivity index (χ3n) is 2.98. The Bertz CT molecular complexity index is 622. The first kappa shape index (κ1) is 11.1. The molecule has 1 aliphatic heterocycles. The number of hydrogen-bond acceptors (Lipinski definition) is 3. The largest absolute Gasteiger partial charge is 0.361 e. The zero-order valence-corrected chi connectivity index (χ0v) is 10.4. The van der Waals surface area contributed by atoms with Crippen LogP contribution in [0.25, 0.3) is 0 Å². The Labute approximate surface area is 109 Å². The van der Waals surface area contributed by atoms with Gasteiger partial charge < -0.3 is 10.6 Å². The molecule has 3 N–H and O–H groups in total. The number of halogens is 1. The number of rotatable bonds is 1. The van der Waals surface area contributed by atoms with Crippen LogP contribution in [0.15, 0.2) is 24.4 Å². The van der Waals surface area contributed by atoms with E-state index in [2.05, 4.69) is 20.8 Å². The van der Waals surface area contributed by atoms with Gasteiger partial charge in [0.2, 0.25) is 0 Å². The van der Waals surface area contributed by atoms with Crippen molar-refractivity contribution < 1.29 is 4.79 Å². The summed E-state index contributed by atoms with van der Waals surface area (Å²) in [4.78, 5) is 12.0. The minimum absolute atomic E-state index is 0.142. The normalized spacial score (nSPS) is 17.9. The van der Waals surface area contributed by atoms with Gasteiger partial charge >= 0.3 is 0 Å². The molecule has 0 saturated heterocycles. The fraction of sp³-hybridized carbons (Fsp3) is 0.167. The number of amides is 1. The van der Waals surface area contributed by atoms with E-state index in [9.17, 15) is 4.79 Å². The molecular formula is C12H11ClN4O. The molecule has 0 aliphatic carbocycles. The van der Waals surface area contributed by atoms with Crippen molar-refractivity contribution in [1.29, 1.82) is 0 Å². The number of nitrogens with zero attached hydrogens (tertiary/aromatic N) is 1. The number of H-pyrrole nitrogens is 1. The maximum atomic E-state index is 12.0. The van der Waals surface area contributed by atoms with Crippen LogP contribution in [0, 0.1) is 6.92 Å². The van der Waals surface area contributed by atoms with E-state index in [-0.39, 0.29) is 12.1 Å². The summed E-state index contributed by atoms with van der Waals surface area (Å²) >= 11 is 5.88.